The number of aryl methyl sites for hydroxylation is 1. The average molecular weight is 478 g/mol. The Labute approximate surface area is 189 Å². The quantitative estimate of drug-likeness (QED) is 0.409. The van der Waals surface area contributed by atoms with E-state index in [2.05, 4.69) is 4.72 Å². The summed E-state index contributed by atoms with van der Waals surface area (Å²) in [4.78, 5) is 0.0312. The van der Waals surface area contributed by atoms with Crippen LogP contribution in [0.25, 0.3) is 10.8 Å². The van der Waals surface area contributed by atoms with Crippen LogP contribution < -0.4 is 4.72 Å². The molecule has 0 aliphatic carbocycles. The van der Waals surface area contributed by atoms with Crippen LogP contribution in [0.1, 0.15) is 31.0 Å². The van der Waals surface area contributed by atoms with Crippen LogP contribution in [0.4, 0.5) is 0 Å². The van der Waals surface area contributed by atoms with Gasteiger partial charge in [-0.05, 0) is 55.3 Å². The maximum absolute atomic E-state index is 13.3. The average Bonchev–Trinajstić information content (AvgIpc) is 2.77. The lowest BCUT2D eigenvalue weighted by molar-refractivity contribution is 0.130. The standard InChI is InChI=1S/C23H28NO6PS/c1-4-29-31(26,30-5-2)23(25)22(20-13-12-18-8-6-7-9-19(18)16-20)24-32(27,28)21-14-10-17(3)11-15-21/h6-16,22-25H,4-5H2,1-3H3/t22-,23-/m1/s1. The van der Waals surface area contributed by atoms with Crippen molar-refractivity contribution in [2.45, 2.75) is 37.6 Å². The third-order valence-electron chi connectivity index (χ3n) is 4.99. The molecule has 3 aromatic carbocycles. The molecule has 0 aliphatic rings. The Morgan fingerprint density at radius 1 is 0.938 bits per heavy atom. The zero-order valence-corrected chi connectivity index (χ0v) is 20.0. The Hall–Kier alpha value is -2.06. The summed E-state index contributed by atoms with van der Waals surface area (Å²) in [6, 6.07) is 17.9. The molecule has 172 valence electrons. The first kappa shape index (κ1) is 24.6. The van der Waals surface area contributed by atoms with Crippen molar-refractivity contribution in [2.75, 3.05) is 13.2 Å². The lowest BCUT2D eigenvalue weighted by Crippen LogP contribution is -2.37. The number of sulfonamides is 1. The number of nitrogens with one attached hydrogen (secondary N) is 1. The first-order valence-electron chi connectivity index (χ1n) is 10.3. The highest BCUT2D eigenvalue weighted by atomic mass is 32.2. The Morgan fingerprint density at radius 3 is 2.12 bits per heavy atom. The Kier molecular flexibility index (Phi) is 7.88. The molecule has 3 rings (SSSR count). The lowest BCUT2D eigenvalue weighted by atomic mass is 10.0. The Balaban J connectivity index is 2.09. The molecule has 2 N–H and O–H groups in total. The van der Waals surface area contributed by atoms with Crippen LogP contribution in [-0.2, 0) is 23.6 Å². The summed E-state index contributed by atoms with van der Waals surface area (Å²) in [7, 11) is -8.10. The SMILES string of the molecule is CCOP(=O)(OCC)[C@@H](O)[C@H](NS(=O)(=O)c1ccc(C)cc1)c1ccc2ccccc2c1. The van der Waals surface area contributed by atoms with Crippen LogP contribution in [0.5, 0.6) is 0 Å². The number of hydrogen-bond acceptors (Lipinski definition) is 6. The topological polar surface area (TPSA) is 102 Å². The summed E-state index contributed by atoms with van der Waals surface area (Å²) >= 11 is 0. The highest BCUT2D eigenvalue weighted by molar-refractivity contribution is 7.89. The molecule has 2 atom stereocenters. The molecule has 0 saturated heterocycles. The summed E-state index contributed by atoms with van der Waals surface area (Å²) in [6.45, 7) is 5.17. The van der Waals surface area contributed by atoms with E-state index in [4.69, 9.17) is 9.05 Å². The summed E-state index contributed by atoms with van der Waals surface area (Å²) < 4.78 is 52.8. The van der Waals surface area contributed by atoms with Gasteiger partial charge in [0, 0.05) is 0 Å². The largest absolute Gasteiger partial charge is 0.379 e. The molecule has 0 radical (unpaired) electrons. The van der Waals surface area contributed by atoms with Crippen molar-refractivity contribution in [1.29, 1.82) is 0 Å². The van der Waals surface area contributed by atoms with E-state index in [1.54, 1.807) is 38.1 Å². The second-order valence-corrected chi connectivity index (χ2v) is 11.1. The molecule has 3 aromatic rings. The van der Waals surface area contributed by atoms with Crippen LogP contribution in [0.3, 0.4) is 0 Å². The second-order valence-electron chi connectivity index (χ2n) is 7.31. The van der Waals surface area contributed by atoms with Gasteiger partial charge in [-0.25, -0.2) is 13.1 Å². The molecule has 0 aromatic heterocycles. The summed E-state index contributed by atoms with van der Waals surface area (Å²) in [6.07, 6.45) is 0. The number of fused-ring (bicyclic) bond motifs is 1. The van der Waals surface area contributed by atoms with Crippen molar-refractivity contribution in [3.63, 3.8) is 0 Å². The van der Waals surface area contributed by atoms with Crippen LogP contribution in [0.15, 0.2) is 71.6 Å². The lowest BCUT2D eigenvalue weighted by Gasteiger charge is -2.29. The molecular weight excluding hydrogens is 449 g/mol. The van der Waals surface area contributed by atoms with Crippen molar-refractivity contribution in [2.24, 2.45) is 0 Å². The van der Waals surface area contributed by atoms with E-state index in [-0.39, 0.29) is 18.1 Å². The molecule has 0 saturated carbocycles. The number of rotatable bonds is 10. The fourth-order valence-electron chi connectivity index (χ4n) is 3.39. The first-order chi connectivity index (χ1) is 15.2. The van der Waals surface area contributed by atoms with Gasteiger partial charge in [0.05, 0.1) is 24.2 Å². The second kappa shape index (κ2) is 10.3. The van der Waals surface area contributed by atoms with Crippen molar-refractivity contribution in [1.82, 2.24) is 4.72 Å². The molecule has 9 heteroatoms. The normalized spacial score (nSPS) is 14.4. The van der Waals surface area contributed by atoms with Gasteiger partial charge in [0.25, 0.3) is 0 Å². The van der Waals surface area contributed by atoms with E-state index in [1.807, 2.05) is 37.3 Å². The van der Waals surface area contributed by atoms with Gasteiger partial charge in [0.15, 0.2) is 5.85 Å². The summed E-state index contributed by atoms with van der Waals surface area (Å²) in [5, 5.41) is 12.9. The smallest absolute Gasteiger partial charge is 0.360 e. The van der Waals surface area contributed by atoms with Gasteiger partial charge in [-0.3, -0.25) is 4.57 Å². The molecule has 0 fully saturated rings. The van der Waals surface area contributed by atoms with Gasteiger partial charge in [-0.1, -0.05) is 54.1 Å². The number of benzene rings is 3. The predicted octanol–water partition coefficient (Wildman–Crippen LogP) is 4.75. The zero-order valence-electron chi connectivity index (χ0n) is 18.3. The summed E-state index contributed by atoms with van der Waals surface area (Å²) in [5.74, 6) is -1.76. The Morgan fingerprint density at radius 2 is 1.53 bits per heavy atom. The molecule has 32 heavy (non-hydrogen) atoms. The van der Waals surface area contributed by atoms with Crippen LogP contribution >= 0.6 is 7.60 Å². The zero-order chi connectivity index (χ0) is 23.4. The van der Waals surface area contributed by atoms with Gasteiger partial charge in [0.2, 0.25) is 10.0 Å². The molecule has 0 aliphatic heterocycles. The van der Waals surface area contributed by atoms with Gasteiger partial charge >= 0.3 is 7.60 Å². The molecule has 0 bridgehead atoms. The monoisotopic (exact) mass is 477 g/mol. The minimum Gasteiger partial charge on any atom is -0.379 e. The highest BCUT2D eigenvalue weighted by Crippen LogP contribution is 2.55. The maximum atomic E-state index is 13.3. The molecule has 0 spiro atoms. The predicted molar refractivity (Wildman–Crippen MR) is 125 cm³/mol. The van der Waals surface area contributed by atoms with E-state index in [9.17, 15) is 18.1 Å². The van der Waals surface area contributed by atoms with Crippen molar-refractivity contribution in [3.05, 3.63) is 77.9 Å². The van der Waals surface area contributed by atoms with E-state index >= 15 is 0 Å². The van der Waals surface area contributed by atoms with Crippen LogP contribution in [0, 0.1) is 6.92 Å². The molecule has 0 heterocycles. The van der Waals surface area contributed by atoms with E-state index in [0.717, 1.165) is 16.3 Å². The fourth-order valence-corrected chi connectivity index (χ4v) is 6.43. The van der Waals surface area contributed by atoms with E-state index in [0.29, 0.717) is 5.56 Å². The van der Waals surface area contributed by atoms with Crippen molar-refractivity contribution >= 4 is 28.4 Å². The van der Waals surface area contributed by atoms with Crippen LogP contribution in [-0.4, -0.2) is 32.6 Å². The molecule has 0 unspecified atom stereocenters. The van der Waals surface area contributed by atoms with Crippen molar-refractivity contribution < 1.29 is 27.1 Å². The molecule has 7 nitrogen and oxygen atoms in total. The van der Waals surface area contributed by atoms with Gasteiger partial charge in [0.1, 0.15) is 0 Å². The third kappa shape index (κ3) is 5.46. The summed E-state index contributed by atoms with van der Waals surface area (Å²) in [5.41, 5.74) is 1.35. The Bertz CT molecular complexity index is 1200. The molecular formula is C23H28NO6PS. The number of aliphatic hydroxyl groups is 1. The van der Waals surface area contributed by atoms with Crippen LogP contribution in [0.2, 0.25) is 0 Å². The fraction of sp³-hybridized carbons (Fsp3) is 0.304. The first-order valence-corrected chi connectivity index (χ1v) is 13.4. The highest BCUT2D eigenvalue weighted by Gasteiger charge is 2.42. The number of hydrogen-bond donors (Lipinski definition) is 2. The number of aliphatic hydroxyl groups excluding tert-OH is 1. The van der Waals surface area contributed by atoms with E-state index < -0.39 is 29.5 Å². The maximum Gasteiger partial charge on any atom is 0.360 e. The van der Waals surface area contributed by atoms with Gasteiger partial charge in [-0.15, -0.1) is 0 Å². The van der Waals surface area contributed by atoms with Gasteiger partial charge in [-0.2, -0.15) is 0 Å². The minimum absolute atomic E-state index is 0.0312. The third-order valence-corrected chi connectivity index (χ3v) is 8.63. The van der Waals surface area contributed by atoms with E-state index in [1.165, 1.54) is 12.1 Å². The van der Waals surface area contributed by atoms with Gasteiger partial charge < -0.3 is 14.2 Å². The molecule has 0 amide bonds. The minimum atomic E-state index is -4.06. The van der Waals surface area contributed by atoms with Crippen molar-refractivity contribution in [3.8, 4) is 0 Å².